The fraction of sp³-hybridized carbons (Fsp3) is 0.269. The molecule has 1 heterocycles. The van der Waals surface area contributed by atoms with Crippen LogP contribution in [0.15, 0.2) is 60.7 Å². The average molecular weight is 445 g/mol. The van der Waals surface area contributed by atoms with Crippen LogP contribution >= 0.6 is 0 Å². The molecule has 0 aromatic heterocycles. The highest BCUT2D eigenvalue weighted by Crippen LogP contribution is 2.23. The predicted octanol–water partition coefficient (Wildman–Crippen LogP) is 4.11. The number of amidine groups is 2. The van der Waals surface area contributed by atoms with E-state index in [1.165, 1.54) is 0 Å². The van der Waals surface area contributed by atoms with Gasteiger partial charge >= 0.3 is 5.97 Å². The number of carbonyl (C=O) groups is 1. The van der Waals surface area contributed by atoms with Crippen LogP contribution in [0.25, 0.3) is 10.8 Å². The van der Waals surface area contributed by atoms with Crippen molar-refractivity contribution in [2.45, 2.75) is 32.3 Å². The van der Waals surface area contributed by atoms with Crippen molar-refractivity contribution < 1.29 is 14.3 Å². The molecule has 4 N–H and O–H groups in total. The van der Waals surface area contributed by atoms with E-state index in [4.69, 9.17) is 26.0 Å². The SMILES string of the molecule is CC(=N)N1CC[C@H](Oc2ccc(OC(=O)CCc3ccc4ccc(C(=N)N)cc4c3)cc2)C1. The Labute approximate surface area is 193 Å². The molecule has 1 fully saturated rings. The zero-order valence-corrected chi connectivity index (χ0v) is 18.6. The van der Waals surface area contributed by atoms with Crippen LogP contribution in [0.2, 0.25) is 0 Å². The van der Waals surface area contributed by atoms with E-state index in [2.05, 4.69) is 0 Å². The van der Waals surface area contributed by atoms with E-state index in [-0.39, 0.29) is 24.3 Å². The van der Waals surface area contributed by atoms with E-state index >= 15 is 0 Å². The van der Waals surface area contributed by atoms with E-state index in [0.717, 1.165) is 41.6 Å². The van der Waals surface area contributed by atoms with Gasteiger partial charge < -0.3 is 20.1 Å². The lowest BCUT2D eigenvalue weighted by Gasteiger charge is -2.17. The first-order valence-electron chi connectivity index (χ1n) is 11.0. The molecule has 0 aliphatic carbocycles. The van der Waals surface area contributed by atoms with Crippen LogP contribution in [-0.4, -0.2) is 41.7 Å². The molecular formula is C26H28N4O3. The van der Waals surface area contributed by atoms with Crippen molar-refractivity contribution in [3.63, 3.8) is 0 Å². The van der Waals surface area contributed by atoms with Gasteiger partial charge in [0.15, 0.2) is 0 Å². The zero-order valence-electron chi connectivity index (χ0n) is 18.6. The number of ether oxygens (including phenoxy) is 2. The maximum Gasteiger partial charge on any atom is 0.311 e. The first kappa shape index (κ1) is 22.3. The number of esters is 1. The first-order valence-corrected chi connectivity index (χ1v) is 11.0. The highest BCUT2D eigenvalue weighted by molar-refractivity contribution is 5.99. The van der Waals surface area contributed by atoms with Gasteiger partial charge in [0.1, 0.15) is 23.4 Å². The molecule has 0 bridgehead atoms. The zero-order chi connectivity index (χ0) is 23.4. The van der Waals surface area contributed by atoms with E-state index in [1.54, 1.807) is 31.2 Å². The first-order chi connectivity index (χ1) is 15.9. The number of nitrogens with two attached hydrogens (primary N) is 1. The average Bonchev–Trinajstić information content (AvgIpc) is 3.27. The summed E-state index contributed by atoms with van der Waals surface area (Å²) in [5.74, 6) is 1.52. The second-order valence-electron chi connectivity index (χ2n) is 8.32. The van der Waals surface area contributed by atoms with E-state index < -0.39 is 0 Å². The summed E-state index contributed by atoms with van der Waals surface area (Å²) < 4.78 is 11.5. The second kappa shape index (κ2) is 9.73. The molecule has 0 spiro atoms. The van der Waals surface area contributed by atoms with E-state index in [0.29, 0.717) is 23.6 Å². The Hall–Kier alpha value is -3.87. The molecule has 0 saturated carbocycles. The van der Waals surface area contributed by atoms with Crippen molar-refractivity contribution in [1.29, 1.82) is 10.8 Å². The standard InChI is InChI=1S/C26H28N4O3/c1-17(27)30-13-12-24(16-30)32-22-7-9-23(10-8-22)33-25(31)11-3-18-2-4-19-5-6-20(26(28)29)15-21(19)14-18/h2,4-10,14-15,24,27H,3,11-13,16H2,1H3,(H3,28,29)/t24-/m0/s1. The van der Waals surface area contributed by atoms with Gasteiger partial charge in [0.25, 0.3) is 0 Å². The Morgan fingerprint density at radius 2 is 1.76 bits per heavy atom. The fourth-order valence-corrected chi connectivity index (χ4v) is 3.96. The molecule has 1 atom stereocenters. The molecule has 7 heteroatoms. The van der Waals surface area contributed by atoms with Crippen LogP contribution in [0.5, 0.6) is 11.5 Å². The molecule has 0 unspecified atom stereocenters. The maximum atomic E-state index is 12.3. The Kier molecular flexibility index (Phi) is 6.58. The molecule has 7 nitrogen and oxygen atoms in total. The number of hydrogen-bond acceptors (Lipinski definition) is 5. The summed E-state index contributed by atoms with van der Waals surface area (Å²) in [6, 6.07) is 18.8. The number of carbonyl (C=O) groups excluding carboxylic acids is 1. The molecule has 170 valence electrons. The van der Waals surface area contributed by atoms with Crippen molar-refractivity contribution >= 4 is 28.4 Å². The van der Waals surface area contributed by atoms with Crippen molar-refractivity contribution in [3.8, 4) is 11.5 Å². The number of nitrogens with one attached hydrogen (secondary N) is 2. The quantitative estimate of drug-likeness (QED) is 0.220. The van der Waals surface area contributed by atoms with Gasteiger partial charge in [-0.25, -0.2) is 0 Å². The molecule has 3 aromatic rings. The minimum atomic E-state index is -0.297. The minimum Gasteiger partial charge on any atom is -0.489 e. The van der Waals surface area contributed by atoms with Crippen molar-refractivity contribution in [1.82, 2.24) is 4.90 Å². The lowest BCUT2D eigenvalue weighted by molar-refractivity contribution is -0.134. The summed E-state index contributed by atoms with van der Waals surface area (Å²) >= 11 is 0. The summed E-state index contributed by atoms with van der Waals surface area (Å²) in [5, 5.41) is 17.4. The third-order valence-electron chi connectivity index (χ3n) is 5.81. The van der Waals surface area contributed by atoms with Crippen LogP contribution in [-0.2, 0) is 11.2 Å². The lowest BCUT2D eigenvalue weighted by Crippen LogP contribution is -2.28. The van der Waals surface area contributed by atoms with Gasteiger partial charge in [-0.3, -0.25) is 15.6 Å². The highest BCUT2D eigenvalue weighted by atomic mass is 16.5. The van der Waals surface area contributed by atoms with E-state index in [1.807, 2.05) is 41.3 Å². The minimum absolute atomic E-state index is 0.0361. The molecule has 1 aliphatic heterocycles. The van der Waals surface area contributed by atoms with E-state index in [9.17, 15) is 4.79 Å². The third-order valence-corrected chi connectivity index (χ3v) is 5.81. The highest BCUT2D eigenvalue weighted by Gasteiger charge is 2.24. The molecular weight excluding hydrogens is 416 g/mol. The Morgan fingerprint density at radius 1 is 1.03 bits per heavy atom. The molecule has 0 radical (unpaired) electrons. The van der Waals surface area contributed by atoms with Crippen molar-refractivity contribution in [3.05, 3.63) is 71.8 Å². The topological polar surface area (TPSA) is 112 Å². The third kappa shape index (κ3) is 5.68. The molecule has 33 heavy (non-hydrogen) atoms. The summed E-state index contributed by atoms with van der Waals surface area (Å²) in [4.78, 5) is 14.3. The number of hydrogen-bond donors (Lipinski definition) is 3. The summed E-state index contributed by atoms with van der Waals surface area (Å²) in [7, 11) is 0. The van der Waals surface area contributed by atoms with Crippen LogP contribution in [0, 0.1) is 10.8 Å². The summed E-state index contributed by atoms with van der Waals surface area (Å²) in [6.07, 6.45) is 1.77. The normalized spacial score (nSPS) is 15.4. The fourth-order valence-electron chi connectivity index (χ4n) is 3.96. The van der Waals surface area contributed by atoms with Crippen LogP contribution in [0.1, 0.15) is 30.9 Å². The van der Waals surface area contributed by atoms with Gasteiger partial charge in [0.05, 0.1) is 12.4 Å². The number of aryl methyl sites for hydroxylation is 1. The number of benzene rings is 3. The van der Waals surface area contributed by atoms with Gasteiger partial charge in [-0.15, -0.1) is 0 Å². The monoisotopic (exact) mass is 444 g/mol. The number of nitrogens with zero attached hydrogens (tertiary/aromatic N) is 1. The van der Waals surface area contributed by atoms with Gasteiger partial charge in [-0.1, -0.05) is 30.3 Å². The number of nitrogen functional groups attached to an aromatic ring is 1. The molecule has 4 rings (SSSR count). The molecule has 3 aromatic carbocycles. The van der Waals surface area contributed by atoms with Crippen LogP contribution in [0.4, 0.5) is 0 Å². The predicted molar refractivity (Wildman–Crippen MR) is 129 cm³/mol. The Morgan fingerprint density at radius 3 is 2.45 bits per heavy atom. The molecule has 1 saturated heterocycles. The van der Waals surface area contributed by atoms with Gasteiger partial charge in [0.2, 0.25) is 0 Å². The second-order valence-corrected chi connectivity index (χ2v) is 8.32. The van der Waals surface area contributed by atoms with Crippen LogP contribution in [0.3, 0.4) is 0 Å². The van der Waals surface area contributed by atoms with Gasteiger partial charge in [0, 0.05) is 24.9 Å². The van der Waals surface area contributed by atoms with Crippen molar-refractivity contribution in [2.75, 3.05) is 13.1 Å². The van der Waals surface area contributed by atoms with Crippen molar-refractivity contribution in [2.24, 2.45) is 5.73 Å². The summed E-state index contributed by atoms with van der Waals surface area (Å²) in [5.41, 5.74) is 7.29. The van der Waals surface area contributed by atoms with Gasteiger partial charge in [-0.05, 0) is 60.0 Å². The number of likely N-dealkylation sites (tertiary alicyclic amines) is 1. The Balaban J connectivity index is 1.29. The molecule has 1 aliphatic rings. The molecule has 0 amide bonds. The summed E-state index contributed by atoms with van der Waals surface area (Å²) in [6.45, 7) is 3.34. The smallest absolute Gasteiger partial charge is 0.311 e. The Bertz CT molecular complexity index is 1190. The largest absolute Gasteiger partial charge is 0.489 e. The number of rotatable bonds is 7. The lowest BCUT2D eigenvalue weighted by atomic mass is 10.0. The van der Waals surface area contributed by atoms with Gasteiger partial charge in [-0.2, -0.15) is 0 Å². The maximum absolute atomic E-state index is 12.3. The van der Waals surface area contributed by atoms with Crippen LogP contribution < -0.4 is 15.2 Å². The number of fused-ring (bicyclic) bond motifs is 1.